The van der Waals surface area contributed by atoms with E-state index in [1.807, 2.05) is 25.1 Å². The van der Waals surface area contributed by atoms with Gasteiger partial charge in [0.05, 0.1) is 46.1 Å². The number of primary amides is 2. The van der Waals surface area contributed by atoms with Crippen LogP contribution in [0.1, 0.15) is 180 Å². The predicted molar refractivity (Wildman–Crippen MR) is 420 cm³/mol. The van der Waals surface area contributed by atoms with Crippen LogP contribution in [0.15, 0.2) is 65.8 Å². The van der Waals surface area contributed by atoms with Gasteiger partial charge in [-0.25, -0.2) is 0 Å². The Kier molecular flexibility index (Phi) is 46.9. The number of nitrogens with one attached hydrogen (secondary N) is 12. The lowest BCUT2D eigenvalue weighted by Gasteiger charge is -2.28. The minimum atomic E-state index is -1.85. The maximum absolute atomic E-state index is 14.8. The zero-order chi connectivity index (χ0) is 81.8. The van der Waals surface area contributed by atoms with Crippen molar-refractivity contribution in [3.63, 3.8) is 0 Å². The lowest BCUT2D eigenvalue weighted by Crippen LogP contribution is -2.61. The highest BCUT2D eigenvalue weighted by molar-refractivity contribution is 6.00. The summed E-state index contributed by atoms with van der Waals surface area (Å²) in [7, 11) is 0. The number of aromatic nitrogens is 1. The highest BCUT2D eigenvalue weighted by Gasteiger charge is 2.37. The lowest BCUT2D eigenvalue weighted by atomic mass is 10.0. The third kappa shape index (κ3) is 39.9. The first-order valence-electron chi connectivity index (χ1n) is 39.4. The summed E-state index contributed by atoms with van der Waals surface area (Å²) in [5.41, 5.74) is 30.8. The first-order valence-corrected chi connectivity index (χ1v) is 39.4. The number of aliphatic imine (C=N–C) groups is 1. The van der Waals surface area contributed by atoms with E-state index in [0.717, 1.165) is 30.2 Å². The smallest absolute Gasteiger partial charge is 0.246 e. The molecule has 1 aliphatic rings. The summed E-state index contributed by atoms with van der Waals surface area (Å²) in [5, 5.41) is 29.9. The molecule has 1 aliphatic heterocycles. The summed E-state index contributed by atoms with van der Waals surface area (Å²) < 4.78 is 21.8. The molecule has 2 heterocycles. The van der Waals surface area contributed by atoms with E-state index in [-0.39, 0.29) is 128 Å². The first-order chi connectivity index (χ1) is 53.9. The summed E-state index contributed by atoms with van der Waals surface area (Å²) in [5.74, 6) is -10.6. The molecule has 0 radical (unpaired) electrons. The number of nitrogens with two attached hydrogens (primary N) is 5. The molecule has 35 nitrogen and oxygen atoms in total. The van der Waals surface area contributed by atoms with Crippen LogP contribution < -0.4 is 87.2 Å². The fraction of sp³-hybridized carbons (Fsp3) is 0.636. The van der Waals surface area contributed by atoms with E-state index in [1.165, 1.54) is 58.3 Å². The van der Waals surface area contributed by atoms with Gasteiger partial charge in [0.25, 0.3) is 0 Å². The van der Waals surface area contributed by atoms with E-state index in [4.69, 9.17) is 47.6 Å². The number of carbonyl (C=O) groups is 13. The zero-order valence-electron chi connectivity index (χ0n) is 65.4. The van der Waals surface area contributed by atoms with Crippen LogP contribution in [-0.2, 0) is 94.1 Å². The minimum Gasteiger partial charge on any atom is -0.377 e. The van der Waals surface area contributed by atoms with E-state index >= 15 is 0 Å². The molecule has 1 fully saturated rings. The highest BCUT2D eigenvalue weighted by atomic mass is 16.5. The number of amides is 13. The number of unbranched alkanes of at least 4 members (excludes halogenated alkanes) is 11. The molecule has 112 heavy (non-hydrogen) atoms. The van der Waals surface area contributed by atoms with E-state index in [2.05, 4.69) is 75.4 Å². The van der Waals surface area contributed by atoms with Crippen LogP contribution in [-0.4, -0.2) is 221 Å². The molecule has 2 aromatic carbocycles. The number of carbonyl (C=O) groups excluding carboxylic acids is 13. The van der Waals surface area contributed by atoms with Crippen LogP contribution in [0, 0.1) is 0 Å². The van der Waals surface area contributed by atoms with E-state index in [1.54, 1.807) is 42.6 Å². The van der Waals surface area contributed by atoms with Crippen molar-refractivity contribution in [1.82, 2.24) is 63.5 Å². The second-order valence-electron chi connectivity index (χ2n) is 27.9. The number of ether oxygens (including phenoxy) is 4. The number of aromatic amines is 1. The van der Waals surface area contributed by atoms with Crippen LogP contribution in [0.3, 0.4) is 0 Å². The topological polar surface area (TPSA) is 549 Å². The molecule has 1 saturated heterocycles. The van der Waals surface area contributed by atoms with E-state index in [0.29, 0.717) is 43.5 Å². The van der Waals surface area contributed by atoms with Crippen molar-refractivity contribution in [3.8, 4) is 0 Å². The second-order valence-corrected chi connectivity index (χ2v) is 27.9. The van der Waals surface area contributed by atoms with Crippen LogP contribution in [0.4, 0.5) is 0 Å². The van der Waals surface area contributed by atoms with Gasteiger partial charge in [0.2, 0.25) is 76.8 Å². The number of rotatable bonds is 48. The van der Waals surface area contributed by atoms with Crippen molar-refractivity contribution in [3.05, 3.63) is 71.9 Å². The normalized spacial score (nSPS) is 18.6. The molecule has 13 amide bonds. The quantitative estimate of drug-likeness (QED) is 0.0199. The molecular weight excluding hydrogens is 1450 g/mol. The van der Waals surface area contributed by atoms with Crippen molar-refractivity contribution in [2.45, 2.75) is 236 Å². The van der Waals surface area contributed by atoms with Crippen LogP contribution in [0.25, 0.3) is 10.9 Å². The molecule has 1 aromatic heterocycles. The average molecular weight is 1570 g/mol. The largest absolute Gasteiger partial charge is 0.377 e. The Labute approximate surface area is 656 Å². The molecule has 0 aliphatic carbocycles. The minimum absolute atomic E-state index is 0.000975. The van der Waals surface area contributed by atoms with Crippen LogP contribution in [0.2, 0.25) is 0 Å². The predicted octanol–water partition coefficient (Wildman–Crippen LogP) is -0.137. The monoisotopic (exact) mass is 1570 g/mol. The Morgan fingerprint density at radius 3 is 1.76 bits per heavy atom. The van der Waals surface area contributed by atoms with Crippen molar-refractivity contribution >= 4 is 93.7 Å². The molecule has 624 valence electrons. The molecule has 22 N–H and O–H groups in total. The van der Waals surface area contributed by atoms with Gasteiger partial charge in [-0.15, -0.1) is 0 Å². The molecule has 4 rings (SSSR count). The fourth-order valence-corrected chi connectivity index (χ4v) is 12.2. The third-order valence-corrected chi connectivity index (χ3v) is 18.4. The number of para-hydroxylation sites is 1. The van der Waals surface area contributed by atoms with Crippen LogP contribution in [0.5, 0.6) is 0 Å². The standard InChI is InChI=1S/C77H124N18O17/c1-4-6-8-9-10-11-12-13-14-15-19-32-64(97)84-37-39-109-41-43-111-49-66(99)85-38-40-110-42-44-112-50-67(100)95-68(51(3)78)76(108)91-57(28-7-5-2)70(102)90-59-33-34-65(98)83-35-23-22-30-56(69(80)101)88-74(106)61(46-53-48-87-55-29-21-20-27-54(53)55)93-71(103)58(31-24-36-86-77(81)82)89-73(105)60(45-52-25-17-16-18-26-52)92-75(107)62(47-63(79)96)94-72(59)104/h16-18,20-21,25-27,29,48,51,56-62,68,87H,4-15,19,22-24,28,30-47,49-50,78H2,1-3H3,(H2,79,96)(H2,80,101)(H,83,98)(H,84,97)(H,85,99)(H,88,106)(H,89,105)(H,90,102)(H,91,108)(H,92,107)(H,93,103)(H,94,104)(H,95,100)(H4,81,82,86)/t51?,56-,57-,58-,59-,60+,61-,62-,68-/m0/s1. The third-order valence-electron chi connectivity index (χ3n) is 18.4. The second kappa shape index (κ2) is 55.6. The maximum Gasteiger partial charge on any atom is 0.246 e. The Bertz CT molecular complexity index is 3430. The summed E-state index contributed by atoms with van der Waals surface area (Å²) in [4.78, 5) is 186. The van der Waals surface area contributed by atoms with Gasteiger partial charge in [-0.2, -0.15) is 0 Å². The molecule has 0 bridgehead atoms. The summed E-state index contributed by atoms with van der Waals surface area (Å²) in [6, 6.07) is 2.54. The first kappa shape index (κ1) is 94.5. The van der Waals surface area contributed by atoms with E-state index < -0.39 is 145 Å². The van der Waals surface area contributed by atoms with Gasteiger partial charge in [-0.05, 0) is 75.5 Å². The fourth-order valence-electron chi connectivity index (χ4n) is 12.2. The number of hydrogen-bond acceptors (Lipinski definition) is 19. The van der Waals surface area contributed by atoms with Gasteiger partial charge in [-0.3, -0.25) is 67.3 Å². The molecule has 35 heteroatoms. The SMILES string of the molecule is CCCCCCCCCCCCCC(=O)NCCOCCOCC(=O)NCCOCCOCC(=O)N[C@H](C(=O)N[C@@H](CCCC)C(=O)N[C@H]1CCC(=O)NCCCC[C@@H](C(N)=O)NC(=O)[C@H](Cc2c[nH]c3ccccc23)NC(=O)[C@H](CCCN=C(N)N)NC(=O)[C@@H](Cc2ccccc2)NC(=O)[C@H](CC(N)=O)NC1=O)C(C)N. The van der Waals surface area contributed by atoms with Crippen molar-refractivity contribution in [1.29, 1.82) is 0 Å². The number of benzene rings is 2. The molecule has 0 spiro atoms. The van der Waals surface area contributed by atoms with Crippen LogP contribution >= 0.6 is 0 Å². The average Bonchev–Trinajstić information content (AvgIpc) is 1.58. The Morgan fingerprint density at radius 1 is 0.562 bits per heavy atom. The number of nitrogens with zero attached hydrogens (tertiary/aromatic N) is 1. The van der Waals surface area contributed by atoms with Crippen molar-refractivity contribution < 1.29 is 81.3 Å². The zero-order valence-corrected chi connectivity index (χ0v) is 65.4. The molecule has 9 atom stereocenters. The summed E-state index contributed by atoms with van der Waals surface area (Å²) in [6.45, 7) is 6.14. The number of fused-ring (bicyclic) bond motifs is 1. The molecular formula is C77H124N18O17. The molecule has 1 unspecified atom stereocenters. The van der Waals surface area contributed by atoms with Gasteiger partial charge < -0.3 is 111 Å². The molecule has 0 saturated carbocycles. The van der Waals surface area contributed by atoms with Gasteiger partial charge >= 0.3 is 0 Å². The Morgan fingerprint density at radius 2 is 1.12 bits per heavy atom. The lowest BCUT2D eigenvalue weighted by molar-refractivity contribution is -0.137. The summed E-state index contributed by atoms with van der Waals surface area (Å²) in [6.07, 6.45) is 14.8. The Balaban J connectivity index is 1.39. The van der Waals surface area contributed by atoms with Gasteiger partial charge in [0, 0.05) is 75.0 Å². The van der Waals surface area contributed by atoms with Crippen molar-refractivity contribution in [2.75, 3.05) is 79.0 Å². The summed E-state index contributed by atoms with van der Waals surface area (Å²) >= 11 is 0. The highest BCUT2D eigenvalue weighted by Crippen LogP contribution is 2.21. The molecule has 3 aromatic rings. The number of hydrogen-bond donors (Lipinski definition) is 17. The van der Waals surface area contributed by atoms with Crippen molar-refractivity contribution in [2.24, 2.45) is 33.7 Å². The maximum atomic E-state index is 14.8. The number of H-pyrrole nitrogens is 1. The van der Waals surface area contributed by atoms with Gasteiger partial charge in [0.15, 0.2) is 5.96 Å². The number of guanidine groups is 1. The Hall–Kier alpha value is -9.84. The van der Waals surface area contributed by atoms with E-state index in [9.17, 15) is 62.3 Å². The van der Waals surface area contributed by atoms with Gasteiger partial charge in [0.1, 0.15) is 61.5 Å². The van der Waals surface area contributed by atoms with Gasteiger partial charge in [-0.1, -0.05) is 139 Å².